The van der Waals surface area contributed by atoms with Crippen LogP contribution < -0.4 is 10.6 Å². The summed E-state index contributed by atoms with van der Waals surface area (Å²) in [4.78, 5) is 8.96. The van der Waals surface area contributed by atoms with Crippen molar-refractivity contribution in [3.8, 4) is 0 Å². The molecule has 1 aliphatic carbocycles. The number of thioether (sulfide) groups is 1. The molecule has 0 aliphatic heterocycles. The molecular weight excluding hydrogens is 280 g/mol. The molecule has 5 heteroatoms. The van der Waals surface area contributed by atoms with Crippen LogP contribution in [0, 0.1) is 6.92 Å². The van der Waals surface area contributed by atoms with Gasteiger partial charge in [0.2, 0.25) is 5.95 Å². The number of hydrogen-bond acceptors (Lipinski definition) is 5. The summed E-state index contributed by atoms with van der Waals surface area (Å²) in [7, 11) is 0. The third-order valence-corrected chi connectivity index (χ3v) is 5.70. The molecule has 0 saturated heterocycles. The van der Waals surface area contributed by atoms with Crippen LogP contribution in [0.1, 0.15) is 51.0 Å². The standard InChI is InChI=1S/C16H28N4S/c1-4-10-17-15-18-11-13(2)14(20-15)19-12-16(21-3)8-6-5-7-9-16/h11H,4-10,12H2,1-3H3,(H2,17,18,19,20). The van der Waals surface area contributed by atoms with Gasteiger partial charge in [0.1, 0.15) is 5.82 Å². The summed E-state index contributed by atoms with van der Waals surface area (Å²) in [5.74, 6) is 1.70. The molecule has 2 rings (SSSR count). The molecule has 1 aliphatic rings. The highest BCUT2D eigenvalue weighted by atomic mass is 32.2. The topological polar surface area (TPSA) is 49.8 Å². The molecule has 0 spiro atoms. The lowest BCUT2D eigenvalue weighted by atomic mass is 9.88. The molecule has 0 aromatic carbocycles. The molecule has 21 heavy (non-hydrogen) atoms. The van der Waals surface area contributed by atoms with Crippen molar-refractivity contribution in [1.29, 1.82) is 0 Å². The molecule has 118 valence electrons. The number of hydrogen-bond donors (Lipinski definition) is 2. The summed E-state index contributed by atoms with van der Waals surface area (Å²) in [5.41, 5.74) is 1.11. The van der Waals surface area contributed by atoms with E-state index in [1.54, 1.807) is 0 Å². The van der Waals surface area contributed by atoms with Crippen molar-refractivity contribution in [2.45, 2.75) is 57.1 Å². The van der Waals surface area contributed by atoms with Crippen LogP contribution in [-0.4, -0.2) is 34.1 Å². The van der Waals surface area contributed by atoms with Crippen LogP contribution in [0.2, 0.25) is 0 Å². The van der Waals surface area contributed by atoms with Gasteiger partial charge in [0.05, 0.1) is 0 Å². The first kappa shape index (κ1) is 16.4. The number of rotatable bonds is 7. The van der Waals surface area contributed by atoms with Gasteiger partial charge in [0.15, 0.2) is 0 Å². The monoisotopic (exact) mass is 308 g/mol. The number of aromatic nitrogens is 2. The zero-order chi connectivity index (χ0) is 15.1. The first-order valence-electron chi connectivity index (χ1n) is 8.05. The van der Waals surface area contributed by atoms with E-state index in [1.807, 2.05) is 18.0 Å². The Hall–Kier alpha value is -0.970. The van der Waals surface area contributed by atoms with Crippen LogP contribution in [0.5, 0.6) is 0 Å². The Labute approximate surface area is 132 Å². The van der Waals surface area contributed by atoms with Gasteiger partial charge in [0.25, 0.3) is 0 Å². The van der Waals surface area contributed by atoms with Crippen molar-refractivity contribution >= 4 is 23.5 Å². The summed E-state index contributed by atoms with van der Waals surface area (Å²) in [6.07, 6.45) is 11.9. The van der Waals surface area contributed by atoms with Gasteiger partial charge in [-0.1, -0.05) is 26.2 Å². The average Bonchev–Trinajstić information content (AvgIpc) is 2.53. The van der Waals surface area contributed by atoms with Crippen molar-refractivity contribution in [1.82, 2.24) is 9.97 Å². The molecule has 1 heterocycles. The minimum Gasteiger partial charge on any atom is -0.368 e. The highest BCUT2D eigenvalue weighted by Gasteiger charge is 2.31. The number of anilines is 2. The smallest absolute Gasteiger partial charge is 0.224 e. The van der Waals surface area contributed by atoms with Gasteiger partial charge >= 0.3 is 0 Å². The van der Waals surface area contributed by atoms with Crippen LogP contribution in [0.3, 0.4) is 0 Å². The fourth-order valence-corrected chi connectivity index (χ4v) is 3.75. The second-order valence-corrected chi connectivity index (χ2v) is 7.23. The van der Waals surface area contributed by atoms with Crippen LogP contribution in [0.4, 0.5) is 11.8 Å². The molecule has 4 nitrogen and oxygen atoms in total. The second kappa shape index (κ2) is 7.87. The van der Waals surface area contributed by atoms with Crippen molar-refractivity contribution in [2.24, 2.45) is 0 Å². The SMILES string of the molecule is CCCNc1ncc(C)c(NCC2(SC)CCCCC2)n1. The van der Waals surface area contributed by atoms with E-state index in [1.165, 1.54) is 32.1 Å². The lowest BCUT2D eigenvalue weighted by Gasteiger charge is -2.36. The maximum Gasteiger partial charge on any atom is 0.224 e. The molecule has 1 fully saturated rings. The highest BCUT2D eigenvalue weighted by Crippen LogP contribution is 2.38. The summed E-state index contributed by atoms with van der Waals surface area (Å²) < 4.78 is 0.382. The molecule has 0 amide bonds. The normalized spacial score (nSPS) is 17.5. The van der Waals surface area contributed by atoms with E-state index >= 15 is 0 Å². The van der Waals surface area contributed by atoms with Gasteiger partial charge in [-0.3, -0.25) is 0 Å². The average molecular weight is 308 g/mol. The maximum atomic E-state index is 4.62. The lowest BCUT2D eigenvalue weighted by molar-refractivity contribution is 0.411. The zero-order valence-corrected chi connectivity index (χ0v) is 14.4. The van der Waals surface area contributed by atoms with Crippen molar-refractivity contribution < 1.29 is 0 Å². The molecular formula is C16H28N4S. The Kier molecular flexibility index (Phi) is 6.15. The van der Waals surface area contributed by atoms with Crippen molar-refractivity contribution in [2.75, 3.05) is 30.0 Å². The van der Waals surface area contributed by atoms with E-state index in [9.17, 15) is 0 Å². The minimum atomic E-state index is 0.382. The fourth-order valence-electron chi connectivity index (χ4n) is 2.84. The van der Waals surface area contributed by atoms with Crippen LogP contribution in [0.15, 0.2) is 6.20 Å². The predicted octanol–water partition coefficient (Wildman–Crippen LogP) is 4.08. The number of aryl methyl sites for hydroxylation is 1. The van der Waals surface area contributed by atoms with E-state index < -0.39 is 0 Å². The first-order valence-corrected chi connectivity index (χ1v) is 9.28. The molecule has 0 bridgehead atoms. The molecule has 1 saturated carbocycles. The Morgan fingerprint density at radius 3 is 2.67 bits per heavy atom. The number of nitrogens with zero attached hydrogens (tertiary/aromatic N) is 2. The summed E-state index contributed by atoms with van der Waals surface area (Å²) >= 11 is 2.01. The summed E-state index contributed by atoms with van der Waals surface area (Å²) in [5, 5.41) is 6.84. The second-order valence-electron chi connectivity index (χ2n) is 5.95. The first-order chi connectivity index (χ1) is 10.2. The zero-order valence-electron chi connectivity index (χ0n) is 13.5. The van der Waals surface area contributed by atoms with Crippen molar-refractivity contribution in [3.63, 3.8) is 0 Å². The lowest BCUT2D eigenvalue weighted by Crippen LogP contribution is -2.35. The molecule has 1 aromatic rings. The fraction of sp³-hybridized carbons (Fsp3) is 0.750. The van der Waals surface area contributed by atoms with E-state index in [-0.39, 0.29) is 0 Å². The van der Waals surface area contributed by atoms with E-state index in [0.717, 1.165) is 36.8 Å². The summed E-state index contributed by atoms with van der Waals surface area (Å²) in [6.45, 7) is 6.13. The van der Waals surface area contributed by atoms with Gasteiger partial charge in [-0.2, -0.15) is 16.7 Å². The Morgan fingerprint density at radius 2 is 2.00 bits per heavy atom. The van der Waals surface area contributed by atoms with E-state index in [4.69, 9.17) is 0 Å². The predicted molar refractivity (Wildman–Crippen MR) is 93.4 cm³/mol. The molecule has 0 unspecified atom stereocenters. The largest absolute Gasteiger partial charge is 0.368 e. The number of nitrogens with one attached hydrogen (secondary N) is 2. The Morgan fingerprint density at radius 1 is 1.24 bits per heavy atom. The van der Waals surface area contributed by atoms with Crippen LogP contribution >= 0.6 is 11.8 Å². The highest BCUT2D eigenvalue weighted by molar-refractivity contribution is 8.00. The van der Waals surface area contributed by atoms with Gasteiger partial charge in [-0.05, 0) is 32.4 Å². The molecule has 1 aromatic heterocycles. The Bertz CT molecular complexity index is 444. The van der Waals surface area contributed by atoms with Gasteiger partial charge in [-0.15, -0.1) is 0 Å². The molecule has 0 atom stereocenters. The Balaban J connectivity index is 2.00. The van der Waals surface area contributed by atoms with Crippen LogP contribution in [0.25, 0.3) is 0 Å². The minimum absolute atomic E-state index is 0.382. The van der Waals surface area contributed by atoms with Gasteiger partial charge in [-0.25, -0.2) is 4.98 Å². The molecule has 0 radical (unpaired) electrons. The quantitative estimate of drug-likeness (QED) is 0.794. The van der Waals surface area contributed by atoms with E-state index in [2.05, 4.69) is 40.7 Å². The van der Waals surface area contributed by atoms with Gasteiger partial charge in [0, 0.05) is 29.6 Å². The van der Waals surface area contributed by atoms with Crippen molar-refractivity contribution in [3.05, 3.63) is 11.8 Å². The molecule has 2 N–H and O–H groups in total. The van der Waals surface area contributed by atoms with Gasteiger partial charge < -0.3 is 10.6 Å². The third kappa shape index (κ3) is 4.50. The summed E-state index contributed by atoms with van der Waals surface area (Å²) in [6, 6.07) is 0. The van der Waals surface area contributed by atoms with Crippen LogP contribution in [-0.2, 0) is 0 Å². The van der Waals surface area contributed by atoms with E-state index in [0.29, 0.717) is 4.75 Å². The third-order valence-electron chi connectivity index (χ3n) is 4.28. The maximum absolute atomic E-state index is 4.62.